The highest BCUT2D eigenvalue weighted by atomic mass is 79.9. The molecule has 1 aromatic heterocycles. The highest BCUT2D eigenvalue weighted by Gasteiger charge is 2.30. The Morgan fingerprint density at radius 3 is 2.93 bits per heavy atom. The van der Waals surface area contributed by atoms with Crippen LogP contribution in [0.2, 0.25) is 0 Å². The number of halogens is 1. The fourth-order valence-electron chi connectivity index (χ4n) is 1.53. The number of hydrogen-bond donors (Lipinski definition) is 2. The average Bonchev–Trinajstić information content (AvgIpc) is 3.02. The van der Waals surface area contributed by atoms with Crippen molar-refractivity contribution in [3.63, 3.8) is 0 Å². The number of aliphatic hydroxyl groups excluding tert-OH is 1. The number of aromatic nitrogens is 2. The van der Waals surface area contributed by atoms with Gasteiger partial charge in [-0.3, -0.25) is 0 Å². The maximum absolute atomic E-state index is 9.00. The predicted octanol–water partition coefficient (Wildman–Crippen LogP) is 0.782. The molecule has 2 rings (SSSR count). The minimum Gasteiger partial charge on any atom is -0.395 e. The van der Waals surface area contributed by atoms with Crippen LogP contribution < -0.4 is 10.6 Å². The Labute approximate surface area is 96.5 Å². The Bertz CT molecular complexity index is 356. The second-order valence-electron chi connectivity index (χ2n) is 3.55. The molecule has 1 saturated carbocycles. The van der Waals surface area contributed by atoms with Crippen molar-refractivity contribution in [2.45, 2.75) is 18.9 Å². The van der Waals surface area contributed by atoms with Gasteiger partial charge in [0.05, 0.1) is 11.1 Å². The Morgan fingerprint density at radius 2 is 2.33 bits per heavy atom. The SMILES string of the molecule is Nc1ncc(Br)c(N(CCO)C2CC2)n1. The molecule has 0 amide bonds. The molecule has 1 aliphatic rings. The lowest BCUT2D eigenvalue weighted by Crippen LogP contribution is -2.30. The predicted molar refractivity (Wildman–Crippen MR) is 61.6 cm³/mol. The largest absolute Gasteiger partial charge is 0.395 e. The third-order valence-corrected chi connectivity index (χ3v) is 2.90. The maximum atomic E-state index is 9.00. The lowest BCUT2D eigenvalue weighted by Gasteiger charge is -2.23. The van der Waals surface area contributed by atoms with Gasteiger partial charge in [-0.2, -0.15) is 4.98 Å². The van der Waals surface area contributed by atoms with Gasteiger partial charge in [-0.05, 0) is 28.8 Å². The van der Waals surface area contributed by atoms with Crippen LogP contribution in [0.25, 0.3) is 0 Å². The normalized spacial score (nSPS) is 15.3. The van der Waals surface area contributed by atoms with E-state index in [0.717, 1.165) is 23.1 Å². The van der Waals surface area contributed by atoms with Crippen LogP contribution in [0.1, 0.15) is 12.8 Å². The van der Waals surface area contributed by atoms with E-state index in [9.17, 15) is 0 Å². The van der Waals surface area contributed by atoms with Crippen molar-refractivity contribution in [2.24, 2.45) is 0 Å². The molecular weight excluding hydrogens is 260 g/mol. The van der Waals surface area contributed by atoms with Crippen LogP contribution in [0.5, 0.6) is 0 Å². The molecule has 1 aliphatic carbocycles. The van der Waals surface area contributed by atoms with Crippen molar-refractivity contribution in [3.8, 4) is 0 Å². The molecular formula is C9H13BrN4O. The van der Waals surface area contributed by atoms with Crippen LogP contribution in [0.4, 0.5) is 11.8 Å². The maximum Gasteiger partial charge on any atom is 0.222 e. The van der Waals surface area contributed by atoms with Crippen LogP contribution in [0.15, 0.2) is 10.7 Å². The quantitative estimate of drug-likeness (QED) is 0.848. The molecule has 82 valence electrons. The van der Waals surface area contributed by atoms with Gasteiger partial charge in [-0.15, -0.1) is 0 Å². The second-order valence-corrected chi connectivity index (χ2v) is 4.40. The molecule has 1 heterocycles. The molecule has 0 aromatic carbocycles. The number of nitrogen functional groups attached to an aromatic ring is 1. The summed E-state index contributed by atoms with van der Waals surface area (Å²) in [6.07, 6.45) is 3.94. The summed E-state index contributed by atoms with van der Waals surface area (Å²) in [6.45, 7) is 0.701. The van der Waals surface area contributed by atoms with Gasteiger partial charge in [0, 0.05) is 18.8 Å². The molecule has 1 aromatic rings. The van der Waals surface area contributed by atoms with Crippen LogP contribution in [0, 0.1) is 0 Å². The number of nitrogens with zero attached hydrogens (tertiary/aromatic N) is 3. The van der Waals surface area contributed by atoms with Gasteiger partial charge in [0.25, 0.3) is 0 Å². The standard InChI is InChI=1S/C9H13BrN4O/c10-7-5-12-9(11)13-8(7)14(3-4-15)6-1-2-6/h5-6,15H,1-4H2,(H2,11,12,13). The summed E-state index contributed by atoms with van der Waals surface area (Å²) in [7, 11) is 0. The zero-order valence-electron chi connectivity index (χ0n) is 8.23. The number of aliphatic hydroxyl groups is 1. The minimum absolute atomic E-state index is 0.118. The van der Waals surface area contributed by atoms with Crippen LogP contribution in [-0.2, 0) is 0 Å². The molecule has 0 bridgehead atoms. The highest BCUT2D eigenvalue weighted by Crippen LogP contribution is 2.34. The van der Waals surface area contributed by atoms with Gasteiger partial charge in [-0.25, -0.2) is 4.98 Å². The lowest BCUT2D eigenvalue weighted by molar-refractivity contribution is 0.301. The van der Waals surface area contributed by atoms with Crippen molar-refractivity contribution in [2.75, 3.05) is 23.8 Å². The fraction of sp³-hybridized carbons (Fsp3) is 0.556. The first-order chi connectivity index (χ1) is 7.22. The van der Waals surface area contributed by atoms with E-state index in [1.165, 1.54) is 0 Å². The zero-order chi connectivity index (χ0) is 10.8. The third kappa shape index (κ3) is 2.38. The van der Waals surface area contributed by atoms with Gasteiger partial charge >= 0.3 is 0 Å². The second kappa shape index (κ2) is 4.32. The Hall–Kier alpha value is -0.880. The minimum atomic E-state index is 0.118. The monoisotopic (exact) mass is 272 g/mol. The summed E-state index contributed by atoms with van der Waals surface area (Å²) in [5.74, 6) is 1.04. The first-order valence-electron chi connectivity index (χ1n) is 4.88. The van der Waals surface area contributed by atoms with E-state index < -0.39 is 0 Å². The summed E-state index contributed by atoms with van der Waals surface area (Å²) >= 11 is 3.39. The summed E-state index contributed by atoms with van der Waals surface area (Å²) < 4.78 is 0.817. The molecule has 15 heavy (non-hydrogen) atoms. The zero-order valence-corrected chi connectivity index (χ0v) is 9.81. The molecule has 1 fully saturated rings. The number of hydrogen-bond acceptors (Lipinski definition) is 5. The topological polar surface area (TPSA) is 75.3 Å². The van der Waals surface area contributed by atoms with E-state index in [1.807, 2.05) is 0 Å². The summed E-state index contributed by atoms with van der Waals surface area (Å²) in [5, 5.41) is 9.00. The number of nitrogens with two attached hydrogens (primary N) is 1. The Kier molecular flexibility index (Phi) is 3.06. The van der Waals surface area contributed by atoms with E-state index >= 15 is 0 Å². The summed E-state index contributed by atoms with van der Waals surface area (Å²) in [6, 6.07) is 0.489. The van der Waals surface area contributed by atoms with Crippen molar-refractivity contribution in [1.29, 1.82) is 0 Å². The molecule has 3 N–H and O–H groups in total. The van der Waals surface area contributed by atoms with Crippen LogP contribution >= 0.6 is 15.9 Å². The summed E-state index contributed by atoms with van der Waals surface area (Å²) in [5.41, 5.74) is 5.55. The molecule has 0 radical (unpaired) electrons. The number of rotatable bonds is 4. The average molecular weight is 273 g/mol. The van der Waals surface area contributed by atoms with Crippen LogP contribution in [-0.4, -0.2) is 34.3 Å². The molecule has 0 spiro atoms. The van der Waals surface area contributed by atoms with Crippen molar-refractivity contribution >= 4 is 27.7 Å². The van der Waals surface area contributed by atoms with Gasteiger partial charge in [0.1, 0.15) is 5.82 Å². The van der Waals surface area contributed by atoms with Gasteiger partial charge in [0.2, 0.25) is 5.95 Å². The van der Waals surface area contributed by atoms with E-state index in [4.69, 9.17) is 10.8 Å². The van der Waals surface area contributed by atoms with Gasteiger partial charge in [-0.1, -0.05) is 0 Å². The smallest absolute Gasteiger partial charge is 0.222 e. The first-order valence-corrected chi connectivity index (χ1v) is 5.67. The molecule has 0 aliphatic heterocycles. The van der Waals surface area contributed by atoms with Gasteiger partial charge < -0.3 is 15.7 Å². The lowest BCUT2D eigenvalue weighted by atomic mass is 10.4. The molecule has 5 nitrogen and oxygen atoms in total. The molecule has 0 unspecified atom stereocenters. The summed E-state index contributed by atoms with van der Waals surface area (Å²) in [4.78, 5) is 10.2. The molecule has 0 atom stereocenters. The molecule has 0 saturated heterocycles. The molecule has 6 heteroatoms. The third-order valence-electron chi connectivity index (χ3n) is 2.34. The Morgan fingerprint density at radius 1 is 1.60 bits per heavy atom. The Balaban J connectivity index is 2.27. The van der Waals surface area contributed by atoms with E-state index in [1.54, 1.807) is 6.20 Å². The van der Waals surface area contributed by atoms with Gasteiger partial charge in [0.15, 0.2) is 0 Å². The van der Waals surface area contributed by atoms with Crippen molar-refractivity contribution in [1.82, 2.24) is 9.97 Å². The van der Waals surface area contributed by atoms with Crippen LogP contribution in [0.3, 0.4) is 0 Å². The number of anilines is 2. The van der Waals surface area contributed by atoms with Crippen molar-refractivity contribution < 1.29 is 5.11 Å². The fourth-order valence-corrected chi connectivity index (χ4v) is 1.95. The first kappa shape index (κ1) is 10.6. The van der Waals surface area contributed by atoms with Crippen molar-refractivity contribution in [3.05, 3.63) is 10.7 Å². The van der Waals surface area contributed by atoms with E-state index in [-0.39, 0.29) is 12.6 Å². The van der Waals surface area contributed by atoms with E-state index in [2.05, 4.69) is 30.8 Å². The van der Waals surface area contributed by atoms with E-state index in [0.29, 0.717) is 12.6 Å². The highest BCUT2D eigenvalue weighted by molar-refractivity contribution is 9.10.